The molecule has 2 aromatic rings. The monoisotopic (exact) mass is 336 g/mol. The first kappa shape index (κ1) is 14.3. The molecule has 0 unspecified atom stereocenters. The molecule has 0 aliphatic heterocycles. The van der Waals surface area contributed by atoms with E-state index in [1.807, 2.05) is 0 Å². The number of carbonyl (C=O) groups excluding carboxylic acids is 1. The van der Waals surface area contributed by atoms with E-state index < -0.39 is 0 Å². The van der Waals surface area contributed by atoms with Crippen molar-refractivity contribution < 1.29 is 14.3 Å². The third kappa shape index (κ3) is 3.27. The van der Waals surface area contributed by atoms with Crippen LogP contribution in [0, 0.1) is 13.8 Å². The molecule has 0 saturated carbocycles. The van der Waals surface area contributed by atoms with Gasteiger partial charge in [0.25, 0.3) is 5.91 Å². The van der Waals surface area contributed by atoms with Crippen molar-refractivity contribution in [2.45, 2.75) is 13.8 Å². The van der Waals surface area contributed by atoms with E-state index in [0.717, 1.165) is 4.47 Å². The van der Waals surface area contributed by atoms with E-state index in [0.29, 0.717) is 22.6 Å². The van der Waals surface area contributed by atoms with E-state index in [1.165, 1.54) is 12.3 Å². The predicted molar refractivity (Wildman–Crippen MR) is 79.0 cm³/mol. The van der Waals surface area contributed by atoms with Crippen LogP contribution in [0.25, 0.3) is 0 Å². The fraction of sp³-hybridized carbons (Fsp3) is 0.143. The van der Waals surface area contributed by atoms with Crippen molar-refractivity contribution in [1.82, 2.24) is 5.43 Å². The Morgan fingerprint density at radius 3 is 2.80 bits per heavy atom. The molecule has 0 spiro atoms. The molecule has 1 aromatic carbocycles. The van der Waals surface area contributed by atoms with Crippen LogP contribution in [0.2, 0.25) is 0 Å². The van der Waals surface area contributed by atoms with Crippen molar-refractivity contribution in [2.24, 2.45) is 5.10 Å². The minimum atomic E-state index is -0.356. The molecule has 0 atom stereocenters. The van der Waals surface area contributed by atoms with Crippen LogP contribution in [0.4, 0.5) is 0 Å². The molecular weight excluding hydrogens is 324 g/mol. The SMILES string of the molecule is Cc1cc(C(=O)N/N=C/c2cc(Br)ccc2O)c(C)o1. The zero-order chi connectivity index (χ0) is 14.7. The van der Waals surface area contributed by atoms with E-state index in [-0.39, 0.29) is 11.7 Å². The van der Waals surface area contributed by atoms with Gasteiger partial charge in [0.2, 0.25) is 0 Å². The van der Waals surface area contributed by atoms with Gasteiger partial charge in [0.1, 0.15) is 17.3 Å². The van der Waals surface area contributed by atoms with Crippen LogP contribution in [-0.2, 0) is 0 Å². The lowest BCUT2D eigenvalue weighted by Crippen LogP contribution is -2.17. The molecule has 0 aliphatic rings. The number of hydrogen-bond acceptors (Lipinski definition) is 4. The van der Waals surface area contributed by atoms with Crippen LogP contribution in [0.5, 0.6) is 5.75 Å². The summed E-state index contributed by atoms with van der Waals surface area (Å²) in [5, 5.41) is 13.4. The average molecular weight is 337 g/mol. The zero-order valence-corrected chi connectivity index (χ0v) is 12.6. The molecule has 0 saturated heterocycles. The van der Waals surface area contributed by atoms with Crippen LogP contribution in [-0.4, -0.2) is 17.2 Å². The first-order valence-corrected chi connectivity index (χ1v) is 6.65. The molecule has 0 aliphatic carbocycles. The maximum atomic E-state index is 11.9. The van der Waals surface area contributed by atoms with Crippen molar-refractivity contribution in [3.8, 4) is 5.75 Å². The minimum absolute atomic E-state index is 0.0848. The molecule has 0 bridgehead atoms. The number of benzene rings is 1. The number of furan rings is 1. The summed E-state index contributed by atoms with van der Waals surface area (Å²) in [4.78, 5) is 11.9. The molecular formula is C14H13BrN2O3. The summed E-state index contributed by atoms with van der Waals surface area (Å²) < 4.78 is 6.09. The molecule has 104 valence electrons. The number of nitrogens with one attached hydrogen (secondary N) is 1. The van der Waals surface area contributed by atoms with E-state index in [2.05, 4.69) is 26.5 Å². The highest BCUT2D eigenvalue weighted by Crippen LogP contribution is 2.20. The van der Waals surface area contributed by atoms with Gasteiger partial charge in [-0.15, -0.1) is 0 Å². The minimum Gasteiger partial charge on any atom is -0.507 e. The third-order valence-corrected chi connectivity index (χ3v) is 3.14. The highest BCUT2D eigenvalue weighted by atomic mass is 79.9. The summed E-state index contributed by atoms with van der Waals surface area (Å²) in [6, 6.07) is 6.59. The van der Waals surface area contributed by atoms with Crippen LogP contribution in [0.15, 0.2) is 38.3 Å². The number of nitrogens with zero attached hydrogens (tertiary/aromatic N) is 1. The summed E-state index contributed by atoms with van der Waals surface area (Å²) in [5.41, 5.74) is 3.33. The topological polar surface area (TPSA) is 74.8 Å². The van der Waals surface area contributed by atoms with Crippen LogP contribution in [0.1, 0.15) is 27.4 Å². The van der Waals surface area contributed by atoms with Crippen LogP contribution < -0.4 is 5.43 Å². The Morgan fingerprint density at radius 2 is 2.15 bits per heavy atom. The summed E-state index contributed by atoms with van der Waals surface area (Å²) in [6.45, 7) is 3.48. The summed E-state index contributed by atoms with van der Waals surface area (Å²) in [5.74, 6) is 0.938. The highest BCUT2D eigenvalue weighted by Gasteiger charge is 2.12. The highest BCUT2D eigenvalue weighted by molar-refractivity contribution is 9.10. The van der Waals surface area contributed by atoms with Gasteiger partial charge in [-0.3, -0.25) is 4.79 Å². The number of carbonyl (C=O) groups is 1. The van der Waals surface area contributed by atoms with Gasteiger partial charge in [-0.05, 0) is 38.1 Å². The molecule has 2 rings (SSSR count). The Hall–Kier alpha value is -2.08. The summed E-state index contributed by atoms with van der Waals surface area (Å²) in [6.07, 6.45) is 1.38. The van der Waals surface area contributed by atoms with Gasteiger partial charge >= 0.3 is 0 Å². The Bertz CT molecular complexity index is 677. The van der Waals surface area contributed by atoms with Crippen molar-refractivity contribution in [2.75, 3.05) is 0 Å². The molecule has 5 nitrogen and oxygen atoms in total. The number of hydrogen-bond donors (Lipinski definition) is 2. The normalized spacial score (nSPS) is 10.9. The number of amides is 1. The van der Waals surface area contributed by atoms with Gasteiger partial charge in [0.05, 0.1) is 11.8 Å². The summed E-state index contributed by atoms with van der Waals surface area (Å²) in [7, 11) is 0. The second-order valence-electron chi connectivity index (χ2n) is 4.23. The van der Waals surface area contributed by atoms with Gasteiger partial charge in [-0.25, -0.2) is 5.43 Å². The third-order valence-electron chi connectivity index (χ3n) is 2.64. The van der Waals surface area contributed by atoms with Crippen LogP contribution >= 0.6 is 15.9 Å². The zero-order valence-electron chi connectivity index (χ0n) is 11.0. The van der Waals surface area contributed by atoms with Gasteiger partial charge in [-0.2, -0.15) is 5.10 Å². The standard InChI is InChI=1S/C14H13BrN2O3/c1-8-5-12(9(2)20-8)14(19)17-16-7-10-6-11(15)3-4-13(10)18/h3-7,18H,1-2H3,(H,17,19)/b16-7+. The number of hydrazone groups is 1. The van der Waals surface area contributed by atoms with E-state index in [1.54, 1.807) is 32.0 Å². The number of phenolic OH excluding ortho intramolecular Hbond substituents is 1. The molecule has 2 N–H and O–H groups in total. The Balaban J connectivity index is 2.08. The van der Waals surface area contributed by atoms with E-state index >= 15 is 0 Å². The maximum Gasteiger partial charge on any atom is 0.274 e. The lowest BCUT2D eigenvalue weighted by Gasteiger charge is -2.00. The lowest BCUT2D eigenvalue weighted by atomic mass is 10.2. The molecule has 1 aromatic heterocycles. The van der Waals surface area contributed by atoms with Crippen LogP contribution in [0.3, 0.4) is 0 Å². The Kier molecular flexibility index (Phi) is 4.24. The smallest absolute Gasteiger partial charge is 0.274 e. The Morgan fingerprint density at radius 1 is 1.40 bits per heavy atom. The molecule has 6 heteroatoms. The molecule has 20 heavy (non-hydrogen) atoms. The largest absolute Gasteiger partial charge is 0.507 e. The van der Waals surface area contributed by atoms with Gasteiger partial charge in [0, 0.05) is 10.0 Å². The predicted octanol–water partition coefficient (Wildman–Crippen LogP) is 3.13. The molecule has 0 radical (unpaired) electrons. The number of aryl methyl sites for hydroxylation is 2. The second-order valence-corrected chi connectivity index (χ2v) is 5.14. The summed E-state index contributed by atoms with van der Waals surface area (Å²) >= 11 is 3.29. The van der Waals surface area contributed by atoms with Crippen molar-refractivity contribution in [3.63, 3.8) is 0 Å². The maximum absolute atomic E-state index is 11.9. The van der Waals surface area contributed by atoms with Gasteiger partial charge in [-0.1, -0.05) is 15.9 Å². The first-order chi connectivity index (χ1) is 9.47. The van der Waals surface area contributed by atoms with Gasteiger partial charge < -0.3 is 9.52 Å². The fourth-order valence-electron chi connectivity index (χ4n) is 1.71. The molecule has 1 heterocycles. The number of halogens is 1. The van der Waals surface area contributed by atoms with E-state index in [9.17, 15) is 9.90 Å². The number of phenols is 1. The van der Waals surface area contributed by atoms with Crippen molar-refractivity contribution >= 4 is 28.1 Å². The van der Waals surface area contributed by atoms with Gasteiger partial charge in [0.15, 0.2) is 0 Å². The Labute approximate surface area is 124 Å². The molecule has 0 fully saturated rings. The lowest BCUT2D eigenvalue weighted by molar-refractivity contribution is 0.0953. The molecule has 1 amide bonds. The quantitative estimate of drug-likeness (QED) is 0.667. The van der Waals surface area contributed by atoms with Crippen molar-refractivity contribution in [3.05, 3.63) is 51.4 Å². The van der Waals surface area contributed by atoms with Crippen molar-refractivity contribution in [1.29, 1.82) is 0 Å². The fourth-order valence-corrected chi connectivity index (χ4v) is 2.08. The number of aromatic hydroxyl groups is 1. The average Bonchev–Trinajstić information content (AvgIpc) is 2.72. The van der Waals surface area contributed by atoms with E-state index in [4.69, 9.17) is 4.42 Å². The number of rotatable bonds is 3. The second kappa shape index (κ2) is 5.92. The first-order valence-electron chi connectivity index (χ1n) is 5.86.